The number of rotatable bonds is 3. The van der Waals surface area contributed by atoms with Gasteiger partial charge >= 0.3 is 0 Å². The van der Waals surface area contributed by atoms with Gasteiger partial charge in [0, 0.05) is 37.9 Å². The van der Waals surface area contributed by atoms with Crippen LogP contribution >= 0.6 is 0 Å². The van der Waals surface area contributed by atoms with E-state index in [2.05, 4.69) is 15.3 Å². The monoisotopic (exact) mass is 339 g/mol. The normalized spacial score (nSPS) is 21.2. The molecule has 1 N–H and O–H groups in total. The maximum Gasteiger partial charge on any atom is 0.241 e. The summed E-state index contributed by atoms with van der Waals surface area (Å²) in [5, 5.41) is 7.14. The summed E-state index contributed by atoms with van der Waals surface area (Å²) in [6.07, 6.45) is 4.03. The van der Waals surface area contributed by atoms with Crippen LogP contribution in [0.5, 0.6) is 0 Å². The highest BCUT2D eigenvalue weighted by Crippen LogP contribution is 2.31. The number of fused-ring (bicyclic) bond motifs is 1. The second-order valence-electron chi connectivity index (χ2n) is 6.72. The molecule has 2 aliphatic rings. The molecule has 0 saturated carbocycles. The molecule has 7 heteroatoms. The van der Waals surface area contributed by atoms with Gasteiger partial charge in [-0.25, -0.2) is 0 Å². The fraction of sp³-hybridized carbons (Fsp3) is 0.389. The minimum absolute atomic E-state index is 0.0235. The van der Waals surface area contributed by atoms with Crippen LogP contribution in [0.2, 0.25) is 0 Å². The van der Waals surface area contributed by atoms with Crippen molar-refractivity contribution >= 4 is 23.2 Å². The molecule has 130 valence electrons. The predicted octanol–water partition coefficient (Wildman–Crippen LogP) is 1.50. The number of hydrogen-bond acceptors (Lipinski definition) is 4. The molecule has 4 rings (SSSR count). The summed E-state index contributed by atoms with van der Waals surface area (Å²) in [5.74, 6) is -0.0340. The number of likely N-dealkylation sites (tertiary alicyclic amines) is 1. The Morgan fingerprint density at radius 1 is 1.28 bits per heavy atom. The Morgan fingerprint density at radius 3 is 2.84 bits per heavy atom. The van der Waals surface area contributed by atoms with E-state index in [4.69, 9.17) is 0 Å². The van der Waals surface area contributed by atoms with E-state index in [9.17, 15) is 9.59 Å². The molecule has 2 aromatic rings. The molecule has 1 fully saturated rings. The van der Waals surface area contributed by atoms with Crippen molar-refractivity contribution in [3.8, 4) is 0 Å². The van der Waals surface area contributed by atoms with Gasteiger partial charge in [-0.05, 0) is 25.1 Å². The molecule has 25 heavy (non-hydrogen) atoms. The lowest BCUT2D eigenvalue weighted by molar-refractivity contribution is -0.121. The number of benzene rings is 1. The van der Waals surface area contributed by atoms with Gasteiger partial charge in [-0.3, -0.25) is 19.2 Å². The molecule has 3 heterocycles. The van der Waals surface area contributed by atoms with Crippen LogP contribution in [-0.4, -0.2) is 52.2 Å². The van der Waals surface area contributed by atoms with Crippen molar-refractivity contribution < 1.29 is 9.59 Å². The number of aromatic nitrogens is 2. The number of para-hydroxylation sites is 2. The molecule has 0 bridgehead atoms. The van der Waals surface area contributed by atoms with Crippen molar-refractivity contribution in [2.24, 2.45) is 0 Å². The first-order valence-electron chi connectivity index (χ1n) is 8.54. The summed E-state index contributed by atoms with van der Waals surface area (Å²) in [6, 6.07) is 9.55. The number of carbonyl (C=O) groups excluding carboxylic acids is 2. The van der Waals surface area contributed by atoms with Crippen molar-refractivity contribution in [2.45, 2.75) is 25.4 Å². The van der Waals surface area contributed by atoms with E-state index in [0.29, 0.717) is 24.7 Å². The van der Waals surface area contributed by atoms with Crippen molar-refractivity contribution in [1.29, 1.82) is 0 Å². The Bertz CT molecular complexity index is 783. The van der Waals surface area contributed by atoms with E-state index in [-0.39, 0.29) is 17.9 Å². The zero-order valence-electron chi connectivity index (χ0n) is 14.1. The van der Waals surface area contributed by atoms with E-state index in [1.165, 1.54) is 0 Å². The lowest BCUT2D eigenvalue weighted by Gasteiger charge is -2.40. The van der Waals surface area contributed by atoms with Gasteiger partial charge in [-0.15, -0.1) is 0 Å². The molecule has 1 aromatic heterocycles. The molecule has 0 aliphatic carbocycles. The van der Waals surface area contributed by atoms with Gasteiger partial charge in [0.05, 0.1) is 24.0 Å². The van der Waals surface area contributed by atoms with Crippen LogP contribution in [0, 0.1) is 0 Å². The van der Waals surface area contributed by atoms with Gasteiger partial charge in [0.2, 0.25) is 11.8 Å². The maximum absolute atomic E-state index is 12.9. The van der Waals surface area contributed by atoms with Crippen LogP contribution in [0.1, 0.15) is 19.4 Å². The smallest absolute Gasteiger partial charge is 0.241 e. The van der Waals surface area contributed by atoms with Gasteiger partial charge in [0.25, 0.3) is 0 Å². The summed E-state index contributed by atoms with van der Waals surface area (Å²) < 4.78 is 1.94. The third-order valence-corrected chi connectivity index (χ3v) is 4.82. The van der Waals surface area contributed by atoms with E-state index in [1.807, 2.05) is 48.1 Å². The van der Waals surface area contributed by atoms with E-state index >= 15 is 0 Å². The summed E-state index contributed by atoms with van der Waals surface area (Å²) >= 11 is 0. The molecule has 7 nitrogen and oxygen atoms in total. The first-order chi connectivity index (χ1) is 12.1. The van der Waals surface area contributed by atoms with Gasteiger partial charge in [-0.1, -0.05) is 12.1 Å². The summed E-state index contributed by atoms with van der Waals surface area (Å²) in [7, 11) is 0. The number of carbonyl (C=O) groups is 2. The highest BCUT2D eigenvalue weighted by Gasteiger charge is 2.34. The topological polar surface area (TPSA) is 70.5 Å². The number of nitrogens with zero attached hydrogens (tertiary/aromatic N) is 4. The number of hydrogen-bond donors (Lipinski definition) is 1. The lowest BCUT2D eigenvalue weighted by atomic mass is 10.1. The highest BCUT2D eigenvalue weighted by molar-refractivity contribution is 6.04. The van der Waals surface area contributed by atoms with Crippen molar-refractivity contribution in [1.82, 2.24) is 14.7 Å². The van der Waals surface area contributed by atoms with E-state index in [1.54, 1.807) is 11.1 Å². The average Bonchev–Trinajstić information content (AvgIpc) is 3.01. The van der Waals surface area contributed by atoms with Crippen LogP contribution < -0.4 is 10.2 Å². The lowest BCUT2D eigenvalue weighted by Crippen LogP contribution is -2.53. The van der Waals surface area contributed by atoms with Crippen molar-refractivity contribution in [3.63, 3.8) is 0 Å². The Hall–Kier alpha value is -2.67. The van der Waals surface area contributed by atoms with Crippen LogP contribution in [0.3, 0.4) is 0 Å². The van der Waals surface area contributed by atoms with Crippen LogP contribution in [0.25, 0.3) is 0 Å². The minimum Gasteiger partial charge on any atom is -0.324 e. The fourth-order valence-electron chi connectivity index (χ4n) is 3.57. The number of nitrogens with one attached hydrogen (secondary N) is 1. The molecule has 2 aliphatic heterocycles. The number of anilines is 2. The van der Waals surface area contributed by atoms with E-state index in [0.717, 1.165) is 18.8 Å². The van der Waals surface area contributed by atoms with Crippen molar-refractivity contribution in [3.05, 3.63) is 42.7 Å². The zero-order valence-corrected chi connectivity index (χ0v) is 14.1. The van der Waals surface area contributed by atoms with E-state index < -0.39 is 0 Å². The Morgan fingerprint density at radius 2 is 2.08 bits per heavy atom. The molecular formula is C18H21N5O2. The van der Waals surface area contributed by atoms with Gasteiger partial charge in [0.15, 0.2) is 0 Å². The molecule has 0 radical (unpaired) electrons. The molecular weight excluding hydrogens is 318 g/mol. The summed E-state index contributed by atoms with van der Waals surface area (Å²) in [4.78, 5) is 28.8. The molecule has 1 saturated heterocycles. The Kier molecular flexibility index (Phi) is 4.01. The Labute approximate surface area is 146 Å². The first kappa shape index (κ1) is 15.8. The quantitative estimate of drug-likeness (QED) is 0.920. The SMILES string of the molecule is C[C@@H]1CC(=O)Nc2ccccc2N1C(=O)CN1CC(n2cccn2)C1. The minimum atomic E-state index is -0.167. The van der Waals surface area contributed by atoms with Crippen LogP contribution in [0.4, 0.5) is 11.4 Å². The third-order valence-electron chi connectivity index (χ3n) is 4.82. The summed E-state index contributed by atoms with van der Waals surface area (Å²) in [6.45, 7) is 3.90. The van der Waals surface area contributed by atoms with Gasteiger partial charge in [0.1, 0.15) is 0 Å². The zero-order chi connectivity index (χ0) is 17.4. The Balaban J connectivity index is 1.47. The van der Waals surface area contributed by atoms with Crippen LogP contribution in [0.15, 0.2) is 42.7 Å². The second-order valence-corrected chi connectivity index (χ2v) is 6.72. The van der Waals surface area contributed by atoms with Gasteiger partial charge in [-0.2, -0.15) is 5.10 Å². The molecule has 0 unspecified atom stereocenters. The number of amides is 2. The molecule has 2 amide bonds. The molecule has 0 spiro atoms. The first-order valence-corrected chi connectivity index (χ1v) is 8.54. The fourth-order valence-corrected chi connectivity index (χ4v) is 3.57. The highest BCUT2D eigenvalue weighted by atomic mass is 16.2. The van der Waals surface area contributed by atoms with Crippen LogP contribution in [-0.2, 0) is 9.59 Å². The maximum atomic E-state index is 12.9. The molecule has 1 atom stereocenters. The third kappa shape index (κ3) is 3.02. The summed E-state index contributed by atoms with van der Waals surface area (Å²) in [5.41, 5.74) is 1.47. The van der Waals surface area contributed by atoms with Crippen molar-refractivity contribution in [2.75, 3.05) is 29.9 Å². The molecule has 1 aromatic carbocycles. The second kappa shape index (κ2) is 6.33. The average molecular weight is 339 g/mol. The standard InChI is InChI=1S/C18H21N5O2/c1-13-9-17(24)20-15-5-2-3-6-16(15)23(13)18(25)12-21-10-14(11-21)22-8-4-7-19-22/h2-8,13-14H,9-12H2,1H3,(H,20,24)/t13-/m1/s1. The largest absolute Gasteiger partial charge is 0.324 e. The van der Waals surface area contributed by atoms with Gasteiger partial charge < -0.3 is 10.2 Å². The predicted molar refractivity (Wildman–Crippen MR) is 94.3 cm³/mol.